The van der Waals surface area contributed by atoms with E-state index >= 15 is 0 Å². The lowest BCUT2D eigenvalue weighted by molar-refractivity contribution is 0.0895. The maximum atomic E-state index is 12.6. The monoisotopic (exact) mass is 438 g/mol. The average molecular weight is 439 g/mol. The minimum atomic E-state index is -0.406. The molecule has 0 saturated carbocycles. The van der Waals surface area contributed by atoms with Gasteiger partial charge in [-0.15, -0.1) is 0 Å². The van der Waals surface area contributed by atoms with Crippen LogP contribution in [-0.4, -0.2) is 30.6 Å². The SMILES string of the molecule is Cc1cc(-c2nc(Cl)cn3nccc23)ccc1[C@@H](C)NC(=O)c1nc(C(C)(C)C)no1. The molecule has 1 amide bonds. The van der Waals surface area contributed by atoms with Gasteiger partial charge in [0.25, 0.3) is 0 Å². The molecule has 9 heteroatoms. The maximum absolute atomic E-state index is 12.6. The molecule has 31 heavy (non-hydrogen) atoms. The highest BCUT2D eigenvalue weighted by Gasteiger charge is 2.25. The minimum absolute atomic E-state index is 0.0442. The van der Waals surface area contributed by atoms with Crippen LogP contribution in [0.5, 0.6) is 0 Å². The highest BCUT2D eigenvalue weighted by molar-refractivity contribution is 6.29. The third-order valence-electron chi connectivity index (χ3n) is 5.01. The molecule has 1 N–H and O–H groups in total. The summed E-state index contributed by atoms with van der Waals surface area (Å²) in [5.41, 5.74) is 4.21. The molecule has 0 fully saturated rings. The van der Waals surface area contributed by atoms with Gasteiger partial charge < -0.3 is 9.84 Å². The zero-order chi connectivity index (χ0) is 22.3. The van der Waals surface area contributed by atoms with Gasteiger partial charge in [0.1, 0.15) is 5.15 Å². The number of amides is 1. The number of carbonyl (C=O) groups is 1. The molecule has 0 spiro atoms. The summed E-state index contributed by atoms with van der Waals surface area (Å²) in [5.74, 6) is 0.0415. The molecule has 160 valence electrons. The third-order valence-corrected chi connectivity index (χ3v) is 5.19. The van der Waals surface area contributed by atoms with E-state index in [0.29, 0.717) is 11.0 Å². The number of nitrogens with one attached hydrogen (secondary N) is 1. The Balaban J connectivity index is 1.57. The topological polar surface area (TPSA) is 98.2 Å². The fourth-order valence-electron chi connectivity index (χ4n) is 3.38. The lowest BCUT2D eigenvalue weighted by Crippen LogP contribution is -2.27. The largest absolute Gasteiger partial charge is 0.341 e. The van der Waals surface area contributed by atoms with Crippen LogP contribution in [0.3, 0.4) is 0 Å². The molecule has 3 aromatic heterocycles. The van der Waals surface area contributed by atoms with Crippen molar-refractivity contribution in [3.63, 3.8) is 0 Å². The van der Waals surface area contributed by atoms with Gasteiger partial charge >= 0.3 is 11.8 Å². The predicted octanol–water partition coefficient (Wildman–Crippen LogP) is 4.53. The van der Waals surface area contributed by atoms with Crippen LogP contribution in [0.25, 0.3) is 16.8 Å². The van der Waals surface area contributed by atoms with E-state index in [9.17, 15) is 4.79 Å². The van der Waals surface area contributed by atoms with E-state index in [1.807, 2.05) is 58.9 Å². The number of fused-ring (bicyclic) bond motifs is 1. The Morgan fingerprint density at radius 3 is 2.68 bits per heavy atom. The van der Waals surface area contributed by atoms with Crippen LogP contribution < -0.4 is 5.32 Å². The lowest BCUT2D eigenvalue weighted by atomic mass is 9.96. The molecule has 0 saturated heterocycles. The van der Waals surface area contributed by atoms with E-state index in [0.717, 1.165) is 27.9 Å². The Morgan fingerprint density at radius 2 is 2.00 bits per heavy atom. The number of nitrogens with zero attached hydrogens (tertiary/aromatic N) is 5. The fourth-order valence-corrected chi connectivity index (χ4v) is 3.55. The van der Waals surface area contributed by atoms with E-state index in [1.165, 1.54) is 0 Å². The number of aromatic nitrogens is 5. The van der Waals surface area contributed by atoms with E-state index in [-0.39, 0.29) is 17.3 Å². The number of halogens is 1. The molecule has 0 aliphatic rings. The molecule has 4 rings (SSSR count). The van der Waals surface area contributed by atoms with Crippen molar-refractivity contribution >= 4 is 23.0 Å². The Hall–Kier alpha value is -3.26. The second kappa shape index (κ2) is 7.77. The van der Waals surface area contributed by atoms with Gasteiger partial charge in [-0.3, -0.25) is 4.79 Å². The zero-order valence-corrected chi connectivity index (χ0v) is 18.7. The van der Waals surface area contributed by atoms with E-state index in [2.05, 4.69) is 25.5 Å². The summed E-state index contributed by atoms with van der Waals surface area (Å²) in [6, 6.07) is 7.59. The van der Waals surface area contributed by atoms with Crippen molar-refractivity contribution in [3.8, 4) is 11.3 Å². The number of aryl methyl sites for hydroxylation is 1. The van der Waals surface area contributed by atoms with Gasteiger partial charge in [-0.1, -0.05) is 49.7 Å². The first-order chi connectivity index (χ1) is 14.6. The zero-order valence-electron chi connectivity index (χ0n) is 18.0. The number of hydrogen-bond acceptors (Lipinski definition) is 6. The molecule has 0 radical (unpaired) electrons. The van der Waals surface area contributed by atoms with Gasteiger partial charge in [-0.2, -0.15) is 10.1 Å². The van der Waals surface area contributed by atoms with Gasteiger partial charge in [0, 0.05) is 11.0 Å². The van der Waals surface area contributed by atoms with Crippen molar-refractivity contribution in [2.75, 3.05) is 0 Å². The van der Waals surface area contributed by atoms with Gasteiger partial charge in [0.15, 0.2) is 5.82 Å². The van der Waals surface area contributed by atoms with Crippen LogP contribution in [0.2, 0.25) is 5.15 Å². The Bertz CT molecular complexity index is 1270. The summed E-state index contributed by atoms with van der Waals surface area (Å²) in [4.78, 5) is 21.3. The van der Waals surface area contributed by atoms with Gasteiger partial charge in [-0.05, 0) is 37.1 Å². The van der Waals surface area contributed by atoms with Crippen LogP contribution >= 0.6 is 11.6 Å². The van der Waals surface area contributed by atoms with Crippen LogP contribution in [0.4, 0.5) is 0 Å². The van der Waals surface area contributed by atoms with Crippen molar-refractivity contribution in [2.45, 2.75) is 46.1 Å². The van der Waals surface area contributed by atoms with E-state index in [4.69, 9.17) is 16.1 Å². The first-order valence-electron chi connectivity index (χ1n) is 9.89. The van der Waals surface area contributed by atoms with Crippen LogP contribution in [0, 0.1) is 6.92 Å². The van der Waals surface area contributed by atoms with Crippen LogP contribution in [-0.2, 0) is 5.41 Å². The number of carbonyl (C=O) groups excluding carboxylic acids is 1. The van der Waals surface area contributed by atoms with E-state index in [1.54, 1.807) is 16.9 Å². The molecule has 1 aromatic carbocycles. The molecule has 4 aromatic rings. The number of benzene rings is 1. The highest BCUT2D eigenvalue weighted by atomic mass is 35.5. The molecule has 3 heterocycles. The summed E-state index contributed by atoms with van der Waals surface area (Å²) in [6.45, 7) is 9.77. The normalized spacial score (nSPS) is 12.8. The van der Waals surface area contributed by atoms with Crippen molar-refractivity contribution < 1.29 is 9.32 Å². The summed E-state index contributed by atoms with van der Waals surface area (Å²) < 4.78 is 6.84. The van der Waals surface area contributed by atoms with Gasteiger partial charge in [-0.25, -0.2) is 9.50 Å². The molecular formula is C22H23ClN6O2. The average Bonchev–Trinajstić information content (AvgIpc) is 3.36. The predicted molar refractivity (Wildman–Crippen MR) is 117 cm³/mol. The molecule has 0 bridgehead atoms. The molecule has 0 aliphatic heterocycles. The second-order valence-electron chi connectivity index (χ2n) is 8.51. The summed E-state index contributed by atoms with van der Waals surface area (Å²) in [6.07, 6.45) is 3.38. The number of rotatable bonds is 4. The molecule has 1 atom stereocenters. The second-order valence-corrected chi connectivity index (χ2v) is 8.90. The third kappa shape index (κ3) is 4.16. The van der Waals surface area contributed by atoms with Crippen molar-refractivity contribution in [3.05, 3.63) is 64.7 Å². The number of hydrogen-bond donors (Lipinski definition) is 1. The Morgan fingerprint density at radius 1 is 1.23 bits per heavy atom. The highest BCUT2D eigenvalue weighted by Crippen LogP contribution is 2.28. The van der Waals surface area contributed by atoms with Crippen molar-refractivity contribution in [2.24, 2.45) is 0 Å². The minimum Gasteiger partial charge on any atom is -0.341 e. The summed E-state index contributed by atoms with van der Waals surface area (Å²) in [5, 5.41) is 11.4. The lowest BCUT2D eigenvalue weighted by Gasteiger charge is -2.17. The van der Waals surface area contributed by atoms with Gasteiger partial charge in [0.2, 0.25) is 0 Å². The summed E-state index contributed by atoms with van der Waals surface area (Å²) in [7, 11) is 0. The fraction of sp³-hybridized carbons (Fsp3) is 0.318. The molecule has 0 aliphatic carbocycles. The molecular weight excluding hydrogens is 416 g/mol. The maximum Gasteiger partial charge on any atom is 0.315 e. The van der Waals surface area contributed by atoms with Gasteiger partial charge in [0.05, 0.1) is 29.6 Å². The summed E-state index contributed by atoms with van der Waals surface area (Å²) >= 11 is 6.16. The first-order valence-corrected chi connectivity index (χ1v) is 10.3. The van der Waals surface area contributed by atoms with Crippen LogP contribution in [0.1, 0.15) is 61.4 Å². The quantitative estimate of drug-likeness (QED) is 0.502. The first kappa shape index (κ1) is 21.0. The van der Waals surface area contributed by atoms with E-state index < -0.39 is 5.91 Å². The Kier molecular flexibility index (Phi) is 5.26. The Labute approximate surface area is 184 Å². The standard InChI is InChI=1S/C22H23ClN6O2/c1-12-10-14(18-16-8-9-24-29(16)11-17(23)26-18)6-7-15(12)13(2)25-19(30)20-27-21(28-31-20)22(3,4)5/h6-11,13H,1-5H3,(H,25,30)/t13-/m1/s1. The van der Waals surface area contributed by atoms with Crippen LogP contribution in [0.15, 0.2) is 41.2 Å². The smallest absolute Gasteiger partial charge is 0.315 e. The van der Waals surface area contributed by atoms with Crippen molar-refractivity contribution in [1.29, 1.82) is 0 Å². The molecule has 0 unspecified atom stereocenters. The van der Waals surface area contributed by atoms with Crippen molar-refractivity contribution in [1.82, 2.24) is 30.1 Å². The molecule has 8 nitrogen and oxygen atoms in total.